The van der Waals surface area contributed by atoms with E-state index in [9.17, 15) is 14.9 Å². The Hall–Kier alpha value is -1.69. The Labute approximate surface area is 103 Å². The van der Waals surface area contributed by atoms with Gasteiger partial charge in [0.2, 0.25) is 5.15 Å². The summed E-state index contributed by atoms with van der Waals surface area (Å²) in [4.78, 5) is 25.3. The minimum Gasteiger partial charge on any atom is -0.456 e. The van der Waals surface area contributed by atoms with Gasteiger partial charge in [-0.15, -0.1) is 0 Å². The SMILES string of the molecule is CC(C)(C)OC(=O)c1ccnc(Cl)c1[N+](=O)[O-]. The van der Waals surface area contributed by atoms with Crippen molar-refractivity contribution in [2.75, 3.05) is 0 Å². The lowest BCUT2D eigenvalue weighted by atomic mass is 10.2. The molecular weight excluding hydrogens is 248 g/mol. The van der Waals surface area contributed by atoms with E-state index in [4.69, 9.17) is 16.3 Å². The van der Waals surface area contributed by atoms with E-state index in [0.29, 0.717) is 0 Å². The van der Waals surface area contributed by atoms with Crippen LogP contribution in [0.3, 0.4) is 0 Å². The van der Waals surface area contributed by atoms with Gasteiger partial charge in [0.15, 0.2) is 0 Å². The molecule has 1 rings (SSSR count). The molecule has 6 nitrogen and oxygen atoms in total. The Morgan fingerprint density at radius 2 is 2.12 bits per heavy atom. The van der Waals surface area contributed by atoms with E-state index in [0.717, 1.165) is 0 Å². The van der Waals surface area contributed by atoms with E-state index in [2.05, 4.69) is 4.98 Å². The molecule has 0 amide bonds. The lowest BCUT2D eigenvalue weighted by Gasteiger charge is -2.19. The molecule has 0 aliphatic heterocycles. The molecule has 0 bridgehead atoms. The highest BCUT2D eigenvalue weighted by molar-refractivity contribution is 6.32. The Morgan fingerprint density at radius 1 is 1.53 bits per heavy atom. The maximum Gasteiger partial charge on any atom is 0.345 e. The van der Waals surface area contributed by atoms with Gasteiger partial charge < -0.3 is 4.74 Å². The van der Waals surface area contributed by atoms with E-state index in [-0.39, 0.29) is 10.7 Å². The molecule has 0 unspecified atom stereocenters. The zero-order valence-electron chi connectivity index (χ0n) is 9.56. The van der Waals surface area contributed by atoms with Crippen molar-refractivity contribution in [3.8, 4) is 0 Å². The van der Waals surface area contributed by atoms with E-state index in [1.165, 1.54) is 12.3 Å². The standard InChI is InChI=1S/C10H11ClN2O4/c1-10(2,3)17-9(14)6-4-5-12-8(11)7(6)13(15)16/h4-5H,1-3H3. The maximum absolute atomic E-state index is 11.7. The first-order chi connectivity index (χ1) is 7.72. The number of hydrogen-bond donors (Lipinski definition) is 0. The quantitative estimate of drug-likeness (QED) is 0.352. The van der Waals surface area contributed by atoms with Crippen molar-refractivity contribution in [3.05, 3.63) is 33.1 Å². The number of nitrogens with zero attached hydrogens (tertiary/aromatic N) is 2. The average Bonchev–Trinajstić information content (AvgIpc) is 2.13. The Morgan fingerprint density at radius 3 is 2.59 bits per heavy atom. The summed E-state index contributed by atoms with van der Waals surface area (Å²) in [5, 5.41) is 10.5. The Kier molecular flexibility index (Phi) is 3.67. The largest absolute Gasteiger partial charge is 0.456 e. The van der Waals surface area contributed by atoms with Gasteiger partial charge in [-0.25, -0.2) is 9.78 Å². The van der Waals surface area contributed by atoms with Gasteiger partial charge >= 0.3 is 11.7 Å². The van der Waals surface area contributed by atoms with Crippen LogP contribution in [0.15, 0.2) is 12.3 Å². The van der Waals surface area contributed by atoms with Crippen LogP contribution in [0.25, 0.3) is 0 Å². The summed E-state index contributed by atoms with van der Waals surface area (Å²) in [5.41, 5.74) is -1.48. The Balaban J connectivity index is 3.19. The lowest BCUT2D eigenvalue weighted by Crippen LogP contribution is -2.24. The summed E-state index contributed by atoms with van der Waals surface area (Å²) in [7, 11) is 0. The summed E-state index contributed by atoms with van der Waals surface area (Å²) in [5.74, 6) is -0.798. The van der Waals surface area contributed by atoms with E-state index < -0.39 is 22.2 Å². The van der Waals surface area contributed by atoms with Gasteiger partial charge in [-0.2, -0.15) is 0 Å². The molecule has 0 saturated carbocycles. The van der Waals surface area contributed by atoms with Crippen LogP contribution >= 0.6 is 11.6 Å². The van der Waals surface area contributed by atoms with Crippen LogP contribution in [-0.2, 0) is 4.74 Å². The summed E-state index contributed by atoms with van der Waals surface area (Å²) in [6.07, 6.45) is 1.22. The van der Waals surface area contributed by atoms with Crippen molar-refractivity contribution >= 4 is 23.3 Å². The van der Waals surface area contributed by atoms with Crippen LogP contribution in [0, 0.1) is 10.1 Å². The Bertz CT molecular complexity index is 468. The van der Waals surface area contributed by atoms with Gasteiger partial charge in [0.25, 0.3) is 0 Å². The minimum atomic E-state index is -0.798. The van der Waals surface area contributed by atoms with Crippen LogP contribution < -0.4 is 0 Å². The molecule has 92 valence electrons. The highest BCUT2D eigenvalue weighted by atomic mass is 35.5. The van der Waals surface area contributed by atoms with E-state index >= 15 is 0 Å². The fourth-order valence-corrected chi connectivity index (χ4v) is 1.33. The number of carbonyl (C=O) groups excluding carboxylic acids is 1. The highest BCUT2D eigenvalue weighted by Crippen LogP contribution is 2.27. The second-order valence-corrected chi connectivity index (χ2v) is 4.61. The third-order valence-corrected chi connectivity index (χ3v) is 1.96. The molecular formula is C10H11ClN2O4. The van der Waals surface area contributed by atoms with Gasteiger partial charge in [0, 0.05) is 6.20 Å². The number of aromatic nitrogens is 1. The molecule has 7 heteroatoms. The highest BCUT2D eigenvalue weighted by Gasteiger charge is 2.28. The van der Waals surface area contributed by atoms with Gasteiger partial charge in [-0.3, -0.25) is 10.1 Å². The number of rotatable bonds is 2. The van der Waals surface area contributed by atoms with Gasteiger partial charge in [-0.1, -0.05) is 11.6 Å². The zero-order valence-corrected chi connectivity index (χ0v) is 10.3. The van der Waals surface area contributed by atoms with E-state index in [1.807, 2.05) is 0 Å². The molecule has 17 heavy (non-hydrogen) atoms. The van der Waals surface area contributed by atoms with Crippen LogP contribution in [0.5, 0.6) is 0 Å². The monoisotopic (exact) mass is 258 g/mol. The topological polar surface area (TPSA) is 82.3 Å². The van der Waals surface area contributed by atoms with Crippen molar-refractivity contribution in [1.82, 2.24) is 4.98 Å². The lowest BCUT2D eigenvalue weighted by molar-refractivity contribution is -0.385. The van der Waals surface area contributed by atoms with Crippen LogP contribution in [0.1, 0.15) is 31.1 Å². The van der Waals surface area contributed by atoms with E-state index in [1.54, 1.807) is 20.8 Å². The summed E-state index contributed by atoms with van der Waals surface area (Å²) in [6.45, 7) is 5.00. The predicted octanol–water partition coefficient (Wildman–Crippen LogP) is 2.60. The molecule has 0 saturated heterocycles. The van der Waals surface area contributed by atoms with Crippen molar-refractivity contribution in [2.24, 2.45) is 0 Å². The van der Waals surface area contributed by atoms with Crippen LogP contribution in [-0.4, -0.2) is 21.5 Å². The first kappa shape index (κ1) is 13.4. The molecule has 0 aliphatic rings. The molecule has 0 aromatic carbocycles. The smallest absolute Gasteiger partial charge is 0.345 e. The molecule has 0 aliphatic carbocycles. The average molecular weight is 259 g/mol. The molecule has 0 radical (unpaired) electrons. The third kappa shape index (κ3) is 3.39. The third-order valence-electron chi connectivity index (χ3n) is 1.68. The van der Waals surface area contributed by atoms with Gasteiger partial charge in [0.05, 0.1) is 4.92 Å². The molecule has 1 aromatic rings. The number of pyridine rings is 1. The number of halogens is 1. The summed E-state index contributed by atoms with van der Waals surface area (Å²) >= 11 is 5.58. The minimum absolute atomic E-state index is 0.204. The summed E-state index contributed by atoms with van der Waals surface area (Å²) < 4.78 is 5.04. The molecule has 0 fully saturated rings. The van der Waals surface area contributed by atoms with Crippen molar-refractivity contribution in [2.45, 2.75) is 26.4 Å². The number of ether oxygens (including phenoxy) is 1. The van der Waals surface area contributed by atoms with Gasteiger partial charge in [0.1, 0.15) is 11.2 Å². The molecule has 0 spiro atoms. The number of hydrogen-bond acceptors (Lipinski definition) is 5. The number of esters is 1. The fourth-order valence-electron chi connectivity index (χ4n) is 1.10. The number of nitro groups is 1. The molecule has 1 heterocycles. The normalized spacial score (nSPS) is 11.1. The fraction of sp³-hybridized carbons (Fsp3) is 0.400. The second-order valence-electron chi connectivity index (χ2n) is 4.26. The first-order valence-electron chi connectivity index (χ1n) is 4.74. The first-order valence-corrected chi connectivity index (χ1v) is 5.12. The molecule has 1 aromatic heterocycles. The van der Waals surface area contributed by atoms with Crippen molar-refractivity contribution in [1.29, 1.82) is 0 Å². The van der Waals surface area contributed by atoms with Crippen molar-refractivity contribution in [3.63, 3.8) is 0 Å². The summed E-state index contributed by atoms with van der Waals surface area (Å²) in [6, 6.07) is 1.21. The van der Waals surface area contributed by atoms with Crippen LogP contribution in [0.4, 0.5) is 5.69 Å². The zero-order chi connectivity index (χ0) is 13.2. The van der Waals surface area contributed by atoms with Gasteiger partial charge in [-0.05, 0) is 26.8 Å². The van der Waals surface area contributed by atoms with Crippen molar-refractivity contribution < 1.29 is 14.5 Å². The predicted molar refractivity (Wildman–Crippen MR) is 61.1 cm³/mol. The van der Waals surface area contributed by atoms with Crippen LogP contribution in [0.2, 0.25) is 5.15 Å². The second kappa shape index (κ2) is 4.67. The number of carbonyl (C=O) groups is 1. The molecule has 0 atom stereocenters. The maximum atomic E-state index is 11.7. The molecule has 0 N–H and O–H groups in total.